The van der Waals surface area contributed by atoms with Crippen molar-refractivity contribution in [3.8, 4) is 0 Å². The van der Waals surface area contributed by atoms with Gasteiger partial charge in [-0.15, -0.1) is 0 Å². The fourth-order valence-corrected chi connectivity index (χ4v) is 3.26. The number of aryl methyl sites for hydroxylation is 2. The summed E-state index contributed by atoms with van der Waals surface area (Å²) in [4.78, 5) is 4.69. The summed E-state index contributed by atoms with van der Waals surface area (Å²) in [5.74, 6) is 0.387. The molecule has 0 aliphatic carbocycles. The number of halogens is 2. The van der Waals surface area contributed by atoms with Gasteiger partial charge in [-0.05, 0) is 52.9 Å². The molecule has 1 aromatic heterocycles. The van der Waals surface area contributed by atoms with Crippen molar-refractivity contribution >= 4 is 38.4 Å². The Morgan fingerprint density at radius 2 is 1.88 bits per heavy atom. The van der Waals surface area contributed by atoms with E-state index >= 15 is 0 Å². The van der Waals surface area contributed by atoms with Crippen molar-refractivity contribution in [2.45, 2.75) is 33.6 Å². The van der Waals surface area contributed by atoms with Gasteiger partial charge in [0.25, 0.3) is 0 Å². The van der Waals surface area contributed by atoms with Gasteiger partial charge >= 0.3 is 0 Å². The number of rotatable bonds is 1. The number of nitrogens with zero attached hydrogens (tertiary/aromatic N) is 1. The molecule has 0 saturated heterocycles. The molecule has 17 heavy (non-hydrogen) atoms. The monoisotopic (exact) mass is 311 g/mol. The van der Waals surface area contributed by atoms with E-state index < -0.39 is 0 Å². The van der Waals surface area contributed by atoms with Crippen LogP contribution in [0.25, 0.3) is 10.9 Å². The van der Waals surface area contributed by atoms with Crippen molar-refractivity contribution < 1.29 is 0 Å². The van der Waals surface area contributed by atoms with Crippen LogP contribution in [0.3, 0.4) is 0 Å². The summed E-state index contributed by atoms with van der Waals surface area (Å²) in [5.41, 5.74) is 4.30. The van der Waals surface area contributed by atoms with Crippen LogP contribution in [-0.4, -0.2) is 4.98 Å². The molecular weight excluding hydrogens is 298 g/mol. The quantitative estimate of drug-likeness (QED) is 0.688. The fourth-order valence-electron chi connectivity index (χ4n) is 2.25. The van der Waals surface area contributed by atoms with Gasteiger partial charge in [-0.1, -0.05) is 31.5 Å². The molecule has 90 valence electrons. The summed E-state index contributed by atoms with van der Waals surface area (Å²) in [7, 11) is 0. The second kappa shape index (κ2) is 4.58. The van der Waals surface area contributed by atoms with Crippen molar-refractivity contribution in [3.05, 3.63) is 38.4 Å². The highest BCUT2D eigenvalue weighted by Crippen LogP contribution is 2.37. The molecule has 2 rings (SSSR count). The van der Waals surface area contributed by atoms with Gasteiger partial charge in [-0.25, -0.2) is 0 Å². The van der Waals surface area contributed by atoms with Crippen LogP contribution < -0.4 is 0 Å². The third kappa shape index (κ3) is 2.09. The van der Waals surface area contributed by atoms with E-state index in [9.17, 15) is 0 Å². The molecule has 0 radical (unpaired) electrons. The standard InChI is InChI=1S/C14H15BrClN/c1-7(2)11-9(4)17-14-10(15)6-5-8(3)12(14)13(11)16/h5-7H,1-4H3. The van der Waals surface area contributed by atoms with E-state index in [0.29, 0.717) is 5.92 Å². The van der Waals surface area contributed by atoms with Crippen LogP contribution in [0.5, 0.6) is 0 Å². The first kappa shape index (κ1) is 12.8. The number of fused-ring (bicyclic) bond motifs is 1. The Balaban J connectivity index is 2.97. The molecule has 0 atom stereocenters. The molecule has 3 heteroatoms. The Labute approximate surface area is 115 Å². The summed E-state index contributed by atoms with van der Waals surface area (Å²) in [6.45, 7) is 8.39. The predicted molar refractivity (Wildman–Crippen MR) is 78.0 cm³/mol. The molecule has 1 heterocycles. The molecule has 0 amide bonds. The molecule has 0 bridgehead atoms. The van der Waals surface area contributed by atoms with Crippen molar-refractivity contribution in [2.75, 3.05) is 0 Å². The second-order valence-electron chi connectivity index (χ2n) is 4.67. The molecule has 0 saturated carbocycles. The zero-order chi connectivity index (χ0) is 12.7. The number of hydrogen-bond acceptors (Lipinski definition) is 1. The predicted octanol–water partition coefficient (Wildman–Crippen LogP) is 5.39. The van der Waals surface area contributed by atoms with E-state index in [1.54, 1.807) is 0 Å². The average molecular weight is 313 g/mol. The molecule has 0 unspecified atom stereocenters. The van der Waals surface area contributed by atoms with Gasteiger partial charge in [0.1, 0.15) is 0 Å². The summed E-state index contributed by atoms with van der Waals surface area (Å²) < 4.78 is 0.999. The third-order valence-electron chi connectivity index (χ3n) is 3.04. The summed E-state index contributed by atoms with van der Waals surface area (Å²) in [5, 5.41) is 1.91. The van der Waals surface area contributed by atoms with E-state index in [2.05, 4.69) is 47.8 Å². The van der Waals surface area contributed by atoms with Gasteiger partial charge < -0.3 is 0 Å². The number of aromatic nitrogens is 1. The maximum atomic E-state index is 6.56. The minimum atomic E-state index is 0.387. The molecule has 0 spiro atoms. The lowest BCUT2D eigenvalue weighted by molar-refractivity contribution is 0.848. The molecule has 1 aromatic carbocycles. The number of pyridine rings is 1. The summed E-state index contributed by atoms with van der Waals surface area (Å²) >= 11 is 10.1. The highest BCUT2D eigenvalue weighted by Gasteiger charge is 2.16. The zero-order valence-corrected chi connectivity index (χ0v) is 12.8. The molecule has 0 N–H and O–H groups in total. The fraction of sp³-hybridized carbons (Fsp3) is 0.357. The minimum Gasteiger partial charge on any atom is -0.252 e. The van der Waals surface area contributed by atoms with Gasteiger partial charge in [0.05, 0.1) is 10.5 Å². The molecular formula is C14H15BrClN. The number of benzene rings is 1. The average Bonchev–Trinajstić information content (AvgIpc) is 2.22. The Morgan fingerprint density at radius 3 is 2.47 bits per heavy atom. The Kier molecular flexibility index (Phi) is 3.46. The normalized spacial score (nSPS) is 11.5. The number of hydrogen-bond donors (Lipinski definition) is 0. The lowest BCUT2D eigenvalue weighted by Gasteiger charge is -2.15. The van der Waals surface area contributed by atoms with E-state index in [4.69, 9.17) is 11.6 Å². The van der Waals surface area contributed by atoms with Crippen LogP contribution in [0.15, 0.2) is 16.6 Å². The Hall–Kier alpha value is -0.600. The Bertz CT molecular complexity index is 591. The zero-order valence-electron chi connectivity index (χ0n) is 10.4. The van der Waals surface area contributed by atoms with Gasteiger partial charge in [0, 0.05) is 15.6 Å². The Morgan fingerprint density at radius 1 is 1.24 bits per heavy atom. The third-order valence-corrected chi connectivity index (χ3v) is 4.07. The van der Waals surface area contributed by atoms with Gasteiger partial charge in [0.2, 0.25) is 0 Å². The highest BCUT2D eigenvalue weighted by molar-refractivity contribution is 9.10. The van der Waals surface area contributed by atoms with Crippen molar-refractivity contribution in [3.63, 3.8) is 0 Å². The summed E-state index contributed by atoms with van der Waals surface area (Å²) in [6.07, 6.45) is 0. The molecule has 1 nitrogen and oxygen atoms in total. The largest absolute Gasteiger partial charge is 0.252 e. The second-order valence-corrected chi connectivity index (χ2v) is 5.90. The minimum absolute atomic E-state index is 0.387. The molecule has 0 aliphatic heterocycles. The van der Waals surface area contributed by atoms with E-state index in [1.807, 2.05) is 13.0 Å². The van der Waals surface area contributed by atoms with Crippen LogP contribution in [-0.2, 0) is 0 Å². The van der Waals surface area contributed by atoms with Crippen LogP contribution in [0.4, 0.5) is 0 Å². The highest BCUT2D eigenvalue weighted by atomic mass is 79.9. The lowest BCUT2D eigenvalue weighted by Crippen LogP contribution is -1.99. The van der Waals surface area contributed by atoms with E-state index in [1.165, 1.54) is 5.56 Å². The van der Waals surface area contributed by atoms with Crippen molar-refractivity contribution in [2.24, 2.45) is 0 Å². The smallest absolute Gasteiger partial charge is 0.0864 e. The lowest BCUT2D eigenvalue weighted by atomic mass is 9.98. The van der Waals surface area contributed by atoms with Crippen molar-refractivity contribution in [1.82, 2.24) is 4.98 Å². The maximum absolute atomic E-state index is 6.56. The topological polar surface area (TPSA) is 12.9 Å². The first-order valence-corrected chi connectivity index (χ1v) is 6.85. The van der Waals surface area contributed by atoms with Crippen LogP contribution >= 0.6 is 27.5 Å². The van der Waals surface area contributed by atoms with Crippen LogP contribution in [0, 0.1) is 13.8 Å². The van der Waals surface area contributed by atoms with Crippen LogP contribution in [0.2, 0.25) is 5.02 Å². The molecule has 2 aromatic rings. The van der Waals surface area contributed by atoms with Gasteiger partial charge in [0.15, 0.2) is 0 Å². The SMILES string of the molecule is Cc1nc2c(Br)ccc(C)c2c(Cl)c1C(C)C. The van der Waals surface area contributed by atoms with Gasteiger partial charge in [-0.2, -0.15) is 0 Å². The molecule has 0 aliphatic rings. The first-order valence-electron chi connectivity index (χ1n) is 5.68. The first-order chi connectivity index (χ1) is 7.93. The van der Waals surface area contributed by atoms with Crippen molar-refractivity contribution in [1.29, 1.82) is 0 Å². The van der Waals surface area contributed by atoms with E-state index in [-0.39, 0.29) is 0 Å². The summed E-state index contributed by atoms with van der Waals surface area (Å²) in [6, 6.07) is 4.09. The van der Waals surface area contributed by atoms with Gasteiger partial charge in [-0.3, -0.25) is 4.98 Å². The van der Waals surface area contributed by atoms with E-state index in [0.717, 1.165) is 31.7 Å². The molecule has 0 fully saturated rings. The maximum Gasteiger partial charge on any atom is 0.0864 e. The van der Waals surface area contributed by atoms with Crippen LogP contribution in [0.1, 0.15) is 36.6 Å².